The van der Waals surface area contributed by atoms with Crippen LogP contribution in [-0.4, -0.2) is 36.9 Å². The van der Waals surface area contributed by atoms with E-state index in [1.807, 2.05) is 37.3 Å². The van der Waals surface area contributed by atoms with Gasteiger partial charge in [-0.3, -0.25) is 4.79 Å². The van der Waals surface area contributed by atoms with Crippen LogP contribution in [0.1, 0.15) is 35.4 Å². The van der Waals surface area contributed by atoms with Crippen LogP contribution in [0.3, 0.4) is 0 Å². The summed E-state index contributed by atoms with van der Waals surface area (Å²) < 4.78 is 23.0. The summed E-state index contributed by atoms with van der Waals surface area (Å²) in [5.41, 5.74) is 2.07. The van der Waals surface area contributed by atoms with Crippen molar-refractivity contribution in [3.8, 4) is 0 Å². The lowest BCUT2D eigenvalue weighted by Crippen LogP contribution is -2.27. The number of benzene rings is 1. The first-order valence-corrected chi connectivity index (χ1v) is 10.0. The van der Waals surface area contributed by atoms with Crippen LogP contribution < -0.4 is 10.6 Å². The number of carbonyl (C=O) groups excluding carboxylic acids is 1. The smallest absolute Gasteiger partial charge is 0.270 e. The first-order valence-electron chi connectivity index (χ1n) is 8.22. The molecule has 1 saturated heterocycles. The number of nitrogens with zero attached hydrogens (tertiary/aromatic N) is 1. The van der Waals surface area contributed by atoms with Crippen molar-refractivity contribution in [3.63, 3.8) is 0 Å². The Balaban J connectivity index is 1.59. The summed E-state index contributed by atoms with van der Waals surface area (Å²) in [6, 6.07) is 12.9. The van der Waals surface area contributed by atoms with Crippen molar-refractivity contribution < 1.29 is 13.2 Å². The second kappa shape index (κ2) is 7.23. The number of rotatable bonds is 5. The first kappa shape index (κ1) is 17.4. The third-order valence-corrected chi connectivity index (χ3v) is 6.01. The second-order valence-corrected chi connectivity index (χ2v) is 8.51. The van der Waals surface area contributed by atoms with E-state index in [1.54, 1.807) is 18.3 Å². The summed E-state index contributed by atoms with van der Waals surface area (Å²) in [5, 5.41) is 6.07. The van der Waals surface area contributed by atoms with E-state index in [1.165, 1.54) is 0 Å². The highest BCUT2D eigenvalue weighted by Crippen LogP contribution is 2.17. The number of sulfone groups is 1. The summed E-state index contributed by atoms with van der Waals surface area (Å²) in [4.78, 5) is 16.5. The molecule has 132 valence electrons. The highest BCUT2D eigenvalue weighted by atomic mass is 32.2. The van der Waals surface area contributed by atoms with Crippen LogP contribution in [0.25, 0.3) is 0 Å². The van der Waals surface area contributed by atoms with Crippen LogP contribution in [0.5, 0.6) is 0 Å². The average Bonchev–Trinajstić information content (AvgIpc) is 2.94. The summed E-state index contributed by atoms with van der Waals surface area (Å²) in [6.45, 7) is 1.92. The molecule has 7 heteroatoms. The number of nitrogens with one attached hydrogen (secondary N) is 2. The number of hydrogen-bond donors (Lipinski definition) is 2. The van der Waals surface area contributed by atoms with E-state index in [9.17, 15) is 13.2 Å². The van der Waals surface area contributed by atoms with Crippen LogP contribution in [-0.2, 0) is 9.84 Å². The predicted octanol–water partition coefficient (Wildman–Crippen LogP) is 2.17. The summed E-state index contributed by atoms with van der Waals surface area (Å²) in [7, 11) is -2.92. The van der Waals surface area contributed by atoms with Gasteiger partial charge in [-0.15, -0.1) is 0 Å². The van der Waals surface area contributed by atoms with Gasteiger partial charge in [0.05, 0.1) is 29.4 Å². The minimum atomic E-state index is -2.92. The molecule has 2 aromatic rings. The van der Waals surface area contributed by atoms with Crippen LogP contribution in [0.15, 0.2) is 48.7 Å². The van der Waals surface area contributed by atoms with Crippen LogP contribution in [0, 0.1) is 0 Å². The number of amides is 1. The fourth-order valence-corrected chi connectivity index (χ4v) is 4.53. The monoisotopic (exact) mass is 359 g/mol. The van der Waals surface area contributed by atoms with Gasteiger partial charge in [0.15, 0.2) is 9.84 Å². The summed E-state index contributed by atoms with van der Waals surface area (Å²) in [5.74, 6) is 0.117. The molecule has 1 fully saturated rings. The zero-order valence-electron chi connectivity index (χ0n) is 14.0. The number of hydrogen-bond acceptors (Lipinski definition) is 5. The maximum Gasteiger partial charge on any atom is 0.270 e. The van der Waals surface area contributed by atoms with Gasteiger partial charge in [0.25, 0.3) is 5.91 Å². The lowest BCUT2D eigenvalue weighted by Gasteiger charge is -2.15. The Labute approximate surface area is 147 Å². The maximum atomic E-state index is 12.3. The molecule has 0 aliphatic carbocycles. The molecule has 25 heavy (non-hydrogen) atoms. The number of pyridine rings is 1. The number of aromatic nitrogens is 1. The van der Waals surface area contributed by atoms with Crippen LogP contribution >= 0.6 is 0 Å². The van der Waals surface area contributed by atoms with Crippen LogP contribution in [0.2, 0.25) is 0 Å². The number of carbonyl (C=O) groups is 1. The van der Waals surface area contributed by atoms with E-state index < -0.39 is 9.84 Å². The topological polar surface area (TPSA) is 88.2 Å². The Morgan fingerprint density at radius 3 is 2.56 bits per heavy atom. The van der Waals surface area contributed by atoms with Gasteiger partial charge in [-0.05, 0) is 31.0 Å². The lowest BCUT2D eigenvalue weighted by atomic mass is 10.1. The summed E-state index contributed by atoms with van der Waals surface area (Å²) in [6.07, 6.45) is 2.16. The maximum absolute atomic E-state index is 12.3. The molecule has 2 atom stereocenters. The van der Waals surface area contributed by atoms with Gasteiger partial charge in [0, 0.05) is 6.04 Å². The molecule has 0 saturated carbocycles. The van der Waals surface area contributed by atoms with E-state index in [2.05, 4.69) is 15.6 Å². The predicted molar refractivity (Wildman–Crippen MR) is 97.2 cm³/mol. The first-order chi connectivity index (χ1) is 11.9. The standard InChI is InChI=1S/C18H21N3O3S/c1-13(14-5-3-2-4-6-14)20-18(22)17-8-7-15(11-19-17)21-16-9-10-25(23,24)12-16/h2-8,11,13,16,21H,9-10,12H2,1H3,(H,20,22). The van der Waals surface area contributed by atoms with Gasteiger partial charge >= 0.3 is 0 Å². The third-order valence-electron chi connectivity index (χ3n) is 4.25. The van der Waals surface area contributed by atoms with Crippen molar-refractivity contribution in [2.45, 2.75) is 25.4 Å². The van der Waals surface area contributed by atoms with E-state index in [0.717, 1.165) is 11.3 Å². The SMILES string of the molecule is CC(NC(=O)c1ccc(NC2CCS(=O)(=O)C2)cn1)c1ccccc1. The van der Waals surface area contributed by atoms with Crippen molar-refractivity contribution >= 4 is 21.4 Å². The van der Waals surface area contributed by atoms with Crippen LogP contribution in [0.4, 0.5) is 5.69 Å². The molecule has 6 nitrogen and oxygen atoms in total. The van der Waals surface area contributed by atoms with Crippen molar-refractivity contribution in [2.24, 2.45) is 0 Å². The fraction of sp³-hybridized carbons (Fsp3) is 0.333. The Morgan fingerprint density at radius 1 is 1.20 bits per heavy atom. The largest absolute Gasteiger partial charge is 0.380 e. The third kappa shape index (κ3) is 4.57. The molecule has 3 rings (SSSR count). The van der Waals surface area contributed by atoms with Gasteiger partial charge < -0.3 is 10.6 Å². The van der Waals surface area contributed by atoms with Crippen molar-refractivity contribution in [2.75, 3.05) is 16.8 Å². The summed E-state index contributed by atoms with van der Waals surface area (Å²) >= 11 is 0. The van der Waals surface area contributed by atoms with E-state index >= 15 is 0 Å². The van der Waals surface area contributed by atoms with E-state index in [0.29, 0.717) is 12.1 Å². The quantitative estimate of drug-likeness (QED) is 0.854. The van der Waals surface area contributed by atoms with Gasteiger partial charge in [0.1, 0.15) is 5.69 Å². The normalized spacial score (nSPS) is 20.0. The molecule has 2 heterocycles. The average molecular weight is 359 g/mol. The molecule has 1 aliphatic rings. The molecule has 0 bridgehead atoms. The fourth-order valence-electron chi connectivity index (χ4n) is 2.85. The number of anilines is 1. The molecular formula is C18H21N3O3S. The van der Waals surface area contributed by atoms with Crippen molar-refractivity contribution in [1.29, 1.82) is 0 Å². The van der Waals surface area contributed by atoms with E-state index in [4.69, 9.17) is 0 Å². The molecule has 2 unspecified atom stereocenters. The van der Waals surface area contributed by atoms with Gasteiger partial charge in [-0.25, -0.2) is 13.4 Å². The molecule has 0 spiro atoms. The molecule has 1 aromatic heterocycles. The highest BCUT2D eigenvalue weighted by Gasteiger charge is 2.27. The van der Waals surface area contributed by atoms with E-state index in [-0.39, 0.29) is 29.5 Å². The minimum absolute atomic E-state index is 0.0930. The molecular weight excluding hydrogens is 338 g/mol. The second-order valence-electron chi connectivity index (χ2n) is 6.28. The Morgan fingerprint density at radius 2 is 1.96 bits per heavy atom. The van der Waals surface area contributed by atoms with Crippen molar-refractivity contribution in [1.82, 2.24) is 10.3 Å². The zero-order chi connectivity index (χ0) is 17.9. The van der Waals surface area contributed by atoms with Crippen molar-refractivity contribution in [3.05, 3.63) is 59.9 Å². The Bertz CT molecular complexity index is 836. The molecule has 1 amide bonds. The van der Waals surface area contributed by atoms with Gasteiger partial charge in [0.2, 0.25) is 0 Å². The molecule has 1 aromatic carbocycles. The highest BCUT2D eigenvalue weighted by molar-refractivity contribution is 7.91. The molecule has 2 N–H and O–H groups in total. The zero-order valence-corrected chi connectivity index (χ0v) is 14.8. The minimum Gasteiger partial charge on any atom is -0.380 e. The van der Waals surface area contributed by atoms with Gasteiger partial charge in [-0.1, -0.05) is 30.3 Å². The Kier molecular flexibility index (Phi) is 5.03. The molecule has 0 radical (unpaired) electrons. The Hall–Kier alpha value is -2.41. The van der Waals surface area contributed by atoms with Gasteiger partial charge in [-0.2, -0.15) is 0 Å². The lowest BCUT2D eigenvalue weighted by molar-refractivity contribution is 0.0935. The molecule has 1 aliphatic heterocycles.